The van der Waals surface area contributed by atoms with Crippen LogP contribution in [0.2, 0.25) is 0 Å². The Labute approximate surface area is 92.4 Å². The van der Waals surface area contributed by atoms with E-state index in [4.69, 9.17) is 0 Å². The van der Waals surface area contributed by atoms with Gasteiger partial charge in [0.25, 0.3) is 5.69 Å². The fraction of sp³-hybridized carbons (Fsp3) is 0.400. The lowest BCUT2D eigenvalue weighted by atomic mass is 10.2. The second-order valence-electron chi connectivity index (χ2n) is 3.41. The molecule has 0 aromatic heterocycles. The van der Waals surface area contributed by atoms with E-state index < -0.39 is 0 Å². The summed E-state index contributed by atoms with van der Waals surface area (Å²) in [6, 6.07) is 5.07. The topological polar surface area (TPSA) is 46.4 Å². The number of benzene rings is 1. The Balaban J connectivity index is 2.41. The molecule has 0 amide bonds. The van der Waals surface area contributed by atoms with Gasteiger partial charge in [-0.1, -0.05) is 11.8 Å². The number of nitrogens with zero attached hydrogens (tertiary/aromatic N) is 2. The second-order valence-corrected chi connectivity index (χ2v) is 4.77. The van der Waals surface area contributed by atoms with Gasteiger partial charge in [-0.3, -0.25) is 10.1 Å². The number of rotatable bonds is 2. The molecule has 0 saturated heterocycles. The highest BCUT2D eigenvalue weighted by Crippen LogP contribution is 2.44. The molecule has 5 heteroatoms. The zero-order chi connectivity index (χ0) is 11.0. The number of hydrogen-bond acceptors (Lipinski definition) is 4. The highest BCUT2D eigenvalue weighted by Gasteiger charge is 2.26. The SMILES string of the molecule is CCN1c2ccc([N+](=O)[O-])cc2S[C@H]1C. The number of anilines is 1. The third kappa shape index (κ3) is 1.67. The lowest BCUT2D eigenvalue weighted by Crippen LogP contribution is -2.25. The minimum atomic E-state index is -0.347. The van der Waals surface area contributed by atoms with Crippen molar-refractivity contribution >= 4 is 23.1 Å². The molecule has 0 aliphatic carbocycles. The molecular formula is C10H12N2O2S. The van der Waals surface area contributed by atoms with Gasteiger partial charge >= 0.3 is 0 Å². The van der Waals surface area contributed by atoms with E-state index in [-0.39, 0.29) is 10.6 Å². The first-order chi connectivity index (χ1) is 7.13. The molecule has 0 saturated carbocycles. The predicted octanol–water partition coefficient (Wildman–Crippen LogP) is 2.87. The van der Waals surface area contributed by atoms with Crippen LogP contribution in [0.3, 0.4) is 0 Å². The summed E-state index contributed by atoms with van der Waals surface area (Å²) < 4.78 is 0. The van der Waals surface area contributed by atoms with Crippen molar-refractivity contribution in [2.45, 2.75) is 24.1 Å². The van der Waals surface area contributed by atoms with Gasteiger partial charge in [-0.25, -0.2) is 0 Å². The zero-order valence-electron chi connectivity index (χ0n) is 8.64. The van der Waals surface area contributed by atoms with Crippen molar-refractivity contribution in [3.63, 3.8) is 0 Å². The van der Waals surface area contributed by atoms with Crippen molar-refractivity contribution in [3.8, 4) is 0 Å². The maximum absolute atomic E-state index is 10.6. The van der Waals surface area contributed by atoms with E-state index in [2.05, 4.69) is 18.7 Å². The summed E-state index contributed by atoms with van der Waals surface area (Å²) >= 11 is 1.68. The van der Waals surface area contributed by atoms with Crippen molar-refractivity contribution < 1.29 is 4.92 Å². The van der Waals surface area contributed by atoms with E-state index in [1.165, 1.54) is 0 Å². The number of thioether (sulfide) groups is 1. The van der Waals surface area contributed by atoms with E-state index in [0.717, 1.165) is 17.1 Å². The average molecular weight is 224 g/mol. The average Bonchev–Trinajstić information content (AvgIpc) is 2.51. The van der Waals surface area contributed by atoms with Gasteiger partial charge in [-0.05, 0) is 19.9 Å². The van der Waals surface area contributed by atoms with Crippen LogP contribution in [-0.4, -0.2) is 16.8 Å². The van der Waals surface area contributed by atoms with Crippen LogP contribution in [0.5, 0.6) is 0 Å². The second kappa shape index (κ2) is 3.73. The number of nitro groups is 1. The highest BCUT2D eigenvalue weighted by molar-refractivity contribution is 8.00. The first-order valence-corrected chi connectivity index (χ1v) is 5.73. The fourth-order valence-corrected chi connectivity index (χ4v) is 3.07. The maximum atomic E-state index is 10.6. The van der Waals surface area contributed by atoms with Gasteiger partial charge in [0.05, 0.1) is 16.0 Å². The lowest BCUT2D eigenvalue weighted by Gasteiger charge is -2.21. The van der Waals surface area contributed by atoms with Gasteiger partial charge in [-0.15, -0.1) is 0 Å². The molecule has 0 radical (unpaired) electrons. The molecular weight excluding hydrogens is 212 g/mol. The molecule has 0 bridgehead atoms. The normalized spacial score (nSPS) is 19.1. The maximum Gasteiger partial charge on any atom is 0.270 e. The van der Waals surface area contributed by atoms with Crippen molar-refractivity contribution in [3.05, 3.63) is 28.3 Å². The fourth-order valence-electron chi connectivity index (χ4n) is 1.82. The largest absolute Gasteiger partial charge is 0.359 e. The molecule has 15 heavy (non-hydrogen) atoms. The molecule has 1 atom stereocenters. The van der Waals surface area contributed by atoms with Crippen LogP contribution in [0, 0.1) is 10.1 Å². The number of nitro benzene ring substituents is 1. The quantitative estimate of drug-likeness (QED) is 0.572. The Morgan fingerprint density at radius 1 is 1.60 bits per heavy atom. The Hall–Kier alpha value is -1.23. The number of fused-ring (bicyclic) bond motifs is 1. The van der Waals surface area contributed by atoms with Crippen molar-refractivity contribution in [1.82, 2.24) is 0 Å². The molecule has 0 unspecified atom stereocenters. The molecule has 80 valence electrons. The first-order valence-electron chi connectivity index (χ1n) is 4.85. The van der Waals surface area contributed by atoms with Gasteiger partial charge in [0.1, 0.15) is 0 Å². The smallest absolute Gasteiger partial charge is 0.270 e. The van der Waals surface area contributed by atoms with Crippen LogP contribution in [-0.2, 0) is 0 Å². The van der Waals surface area contributed by atoms with Crippen molar-refractivity contribution in [1.29, 1.82) is 0 Å². The van der Waals surface area contributed by atoms with E-state index in [0.29, 0.717) is 5.37 Å². The van der Waals surface area contributed by atoms with E-state index >= 15 is 0 Å². The Morgan fingerprint density at radius 2 is 2.33 bits per heavy atom. The number of non-ortho nitro benzene ring substituents is 1. The lowest BCUT2D eigenvalue weighted by molar-refractivity contribution is -0.385. The summed E-state index contributed by atoms with van der Waals surface area (Å²) in [5, 5.41) is 11.0. The summed E-state index contributed by atoms with van der Waals surface area (Å²) in [4.78, 5) is 13.5. The molecule has 0 fully saturated rings. The van der Waals surface area contributed by atoms with E-state index in [9.17, 15) is 10.1 Å². The molecule has 1 aliphatic heterocycles. The molecule has 0 spiro atoms. The van der Waals surface area contributed by atoms with Gasteiger partial charge in [0.2, 0.25) is 0 Å². The van der Waals surface area contributed by atoms with Crippen LogP contribution in [0.25, 0.3) is 0 Å². The van der Waals surface area contributed by atoms with Gasteiger partial charge in [-0.2, -0.15) is 0 Å². The third-order valence-corrected chi connectivity index (χ3v) is 3.72. The zero-order valence-corrected chi connectivity index (χ0v) is 9.45. The molecule has 4 nitrogen and oxygen atoms in total. The summed E-state index contributed by atoms with van der Waals surface area (Å²) in [6.07, 6.45) is 0. The van der Waals surface area contributed by atoms with E-state index in [1.54, 1.807) is 23.9 Å². The van der Waals surface area contributed by atoms with Crippen LogP contribution < -0.4 is 4.90 Å². The molecule has 2 rings (SSSR count). The summed E-state index contributed by atoms with van der Waals surface area (Å²) in [5.41, 5.74) is 1.28. The van der Waals surface area contributed by atoms with Crippen LogP contribution in [0.15, 0.2) is 23.1 Å². The first kappa shape index (κ1) is 10.3. The minimum Gasteiger partial charge on any atom is -0.359 e. The summed E-state index contributed by atoms with van der Waals surface area (Å²) in [6.45, 7) is 5.13. The molecule has 1 aliphatic rings. The van der Waals surface area contributed by atoms with Crippen LogP contribution in [0.1, 0.15) is 13.8 Å². The van der Waals surface area contributed by atoms with Gasteiger partial charge in [0, 0.05) is 23.6 Å². The Kier molecular flexibility index (Phi) is 2.56. The summed E-state index contributed by atoms with van der Waals surface area (Å²) in [7, 11) is 0. The van der Waals surface area contributed by atoms with Crippen molar-refractivity contribution in [2.75, 3.05) is 11.4 Å². The molecule has 0 N–H and O–H groups in total. The highest BCUT2D eigenvalue weighted by atomic mass is 32.2. The third-order valence-electron chi connectivity index (χ3n) is 2.54. The van der Waals surface area contributed by atoms with E-state index in [1.807, 2.05) is 6.07 Å². The Morgan fingerprint density at radius 3 is 2.93 bits per heavy atom. The molecule has 1 heterocycles. The predicted molar refractivity (Wildman–Crippen MR) is 61.4 cm³/mol. The van der Waals surface area contributed by atoms with Gasteiger partial charge in [0.15, 0.2) is 0 Å². The molecule has 1 aromatic rings. The summed E-state index contributed by atoms with van der Waals surface area (Å²) in [5.74, 6) is 0. The standard InChI is InChI=1S/C10H12N2O2S/c1-3-11-7(2)15-10-6-8(12(13)14)4-5-9(10)11/h4-7H,3H2,1-2H3/t7-/m0/s1. The van der Waals surface area contributed by atoms with Crippen molar-refractivity contribution in [2.24, 2.45) is 0 Å². The van der Waals surface area contributed by atoms with Gasteiger partial charge < -0.3 is 4.90 Å². The molecule has 1 aromatic carbocycles. The van der Waals surface area contributed by atoms with Crippen LogP contribution >= 0.6 is 11.8 Å². The monoisotopic (exact) mass is 224 g/mol. The van der Waals surface area contributed by atoms with Crippen LogP contribution in [0.4, 0.5) is 11.4 Å². The number of hydrogen-bond donors (Lipinski definition) is 0. The minimum absolute atomic E-state index is 0.173. The Bertz CT molecular complexity index is 408.